The molecule has 1 atom stereocenters. The molecule has 178 valence electrons. The van der Waals surface area contributed by atoms with Crippen molar-refractivity contribution in [2.45, 2.75) is 32.2 Å². The summed E-state index contributed by atoms with van der Waals surface area (Å²) >= 11 is 0. The molecule has 0 radical (unpaired) electrons. The number of imidazole rings is 1. The SMILES string of the molecule is Cc1nccn1Cc1cccc(C(=O)N2CCC[C@@H](c3nccnc3Oc3cccc(F)c3)C2)c1. The summed E-state index contributed by atoms with van der Waals surface area (Å²) in [6, 6.07) is 13.7. The van der Waals surface area contributed by atoms with Gasteiger partial charge in [0.2, 0.25) is 5.88 Å². The van der Waals surface area contributed by atoms with Gasteiger partial charge in [0.1, 0.15) is 23.1 Å². The average Bonchev–Trinajstić information content (AvgIpc) is 3.28. The number of aryl methyl sites for hydroxylation is 1. The van der Waals surface area contributed by atoms with Gasteiger partial charge < -0.3 is 14.2 Å². The van der Waals surface area contributed by atoms with Crippen LogP contribution >= 0.6 is 0 Å². The molecule has 7 nitrogen and oxygen atoms in total. The van der Waals surface area contributed by atoms with E-state index in [2.05, 4.69) is 19.5 Å². The number of nitrogens with zero attached hydrogens (tertiary/aromatic N) is 5. The van der Waals surface area contributed by atoms with Crippen molar-refractivity contribution in [3.63, 3.8) is 0 Å². The van der Waals surface area contributed by atoms with Gasteiger partial charge in [-0.25, -0.2) is 14.4 Å². The number of carbonyl (C=O) groups is 1. The summed E-state index contributed by atoms with van der Waals surface area (Å²) in [5, 5.41) is 0. The number of likely N-dealkylation sites (tertiary alicyclic amines) is 1. The molecule has 5 rings (SSSR count). The van der Waals surface area contributed by atoms with Gasteiger partial charge in [-0.15, -0.1) is 0 Å². The fourth-order valence-corrected chi connectivity index (χ4v) is 4.47. The molecule has 2 aromatic heterocycles. The zero-order valence-electron chi connectivity index (χ0n) is 19.5. The van der Waals surface area contributed by atoms with Crippen molar-refractivity contribution >= 4 is 5.91 Å². The number of benzene rings is 2. The molecule has 1 amide bonds. The Hall–Kier alpha value is -4.07. The third-order valence-electron chi connectivity index (χ3n) is 6.25. The van der Waals surface area contributed by atoms with E-state index in [1.807, 2.05) is 42.3 Å². The van der Waals surface area contributed by atoms with E-state index in [1.54, 1.807) is 30.7 Å². The number of hydrogen-bond donors (Lipinski definition) is 0. The van der Waals surface area contributed by atoms with Crippen LogP contribution in [0.3, 0.4) is 0 Å². The Morgan fingerprint density at radius 1 is 1.09 bits per heavy atom. The van der Waals surface area contributed by atoms with Crippen molar-refractivity contribution in [3.05, 3.63) is 102 Å². The smallest absolute Gasteiger partial charge is 0.253 e. The summed E-state index contributed by atoms with van der Waals surface area (Å²) in [6.07, 6.45) is 8.59. The predicted octanol–water partition coefficient (Wildman–Crippen LogP) is 4.98. The average molecular weight is 472 g/mol. The van der Waals surface area contributed by atoms with Gasteiger partial charge in [-0.3, -0.25) is 9.78 Å². The third-order valence-corrected chi connectivity index (χ3v) is 6.25. The first kappa shape index (κ1) is 22.7. The molecule has 0 unspecified atom stereocenters. The number of halogens is 1. The first-order valence-electron chi connectivity index (χ1n) is 11.7. The van der Waals surface area contributed by atoms with Crippen LogP contribution in [-0.4, -0.2) is 43.4 Å². The van der Waals surface area contributed by atoms with Crippen LogP contribution in [-0.2, 0) is 6.54 Å². The Kier molecular flexibility index (Phi) is 6.52. The predicted molar refractivity (Wildman–Crippen MR) is 129 cm³/mol. The molecule has 0 saturated carbocycles. The molecule has 0 aliphatic carbocycles. The second-order valence-corrected chi connectivity index (χ2v) is 8.70. The molecule has 0 bridgehead atoms. The maximum atomic E-state index is 13.6. The lowest BCUT2D eigenvalue weighted by Gasteiger charge is -2.33. The van der Waals surface area contributed by atoms with Gasteiger partial charge >= 0.3 is 0 Å². The van der Waals surface area contributed by atoms with Crippen molar-refractivity contribution in [1.29, 1.82) is 0 Å². The van der Waals surface area contributed by atoms with Crippen LogP contribution in [0.25, 0.3) is 0 Å². The number of carbonyl (C=O) groups excluding carboxylic acids is 1. The molecular formula is C27H26FN5O2. The number of hydrogen-bond acceptors (Lipinski definition) is 5. The fraction of sp³-hybridized carbons (Fsp3) is 0.259. The van der Waals surface area contributed by atoms with Gasteiger partial charge in [0.05, 0.1) is 0 Å². The fourth-order valence-electron chi connectivity index (χ4n) is 4.47. The minimum absolute atomic E-state index is 0.00427. The van der Waals surface area contributed by atoms with Gasteiger partial charge in [0.15, 0.2) is 0 Å². The lowest BCUT2D eigenvalue weighted by atomic mass is 9.94. The van der Waals surface area contributed by atoms with Gasteiger partial charge in [-0.1, -0.05) is 18.2 Å². The molecule has 0 spiro atoms. The summed E-state index contributed by atoms with van der Waals surface area (Å²) in [4.78, 5) is 28.4. The Labute approximate surface area is 203 Å². The number of piperidine rings is 1. The van der Waals surface area contributed by atoms with Crippen LogP contribution in [0.2, 0.25) is 0 Å². The van der Waals surface area contributed by atoms with Crippen LogP contribution in [0.5, 0.6) is 11.6 Å². The normalized spacial score (nSPS) is 15.7. The molecule has 4 aromatic rings. The van der Waals surface area contributed by atoms with Crippen molar-refractivity contribution in [2.75, 3.05) is 13.1 Å². The van der Waals surface area contributed by atoms with Gasteiger partial charge in [0, 0.05) is 62.0 Å². The van der Waals surface area contributed by atoms with Crippen molar-refractivity contribution in [3.8, 4) is 11.6 Å². The van der Waals surface area contributed by atoms with Crippen LogP contribution < -0.4 is 4.74 Å². The monoisotopic (exact) mass is 471 g/mol. The van der Waals surface area contributed by atoms with E-state index >= 15 is 0 Å². The molecule has 0 N–H and O–H groups in total. The van der Waals surface area contributed by atoms with E-state index in [0.717, 1.165) is 24.2 Å². The highest BCUT2D eigenvalue weighted by molar-refractivity contribution is 5.94. The second-order valence-electron chi connectivity index (χ2n) is 8.70. The first-order chi connectivity index (χ1) is 17.1. The van der Waals surface area contributed by atoms with Crippen LogP contribution in [0.1, 0.15) is 46.2 Å². The number of amides is 1. The van der Waals surface area contributed by atoms with E-state index in [1.165, 1.54) is 12.1 Å². The van der Waals surface area contributed by atoms with Crippen LogP contribution in [0.4, 0.5) is 4.39 Å². The summed E-state index contributed by atoms with van der Waals surface area (Å²) in [7, 11) is 0. The summed E-state index contributed by atoms with van der Waals surface area (Å²) in [5.41, 5.74) is 2.39. The summed E-state index contributed by atoms with van der Waals surface area (Å²) in [5.74, 6) is 1.22. The lowest BCUT2D eigenvalue weighted by molar-refractivity contribution is 0.0704. The van der Waals surface area contributed by atoms with E-state index in [4.69, 9.17) is 4.74 Å². The van der Waals surface area contributed by atoms with Crippen molar-refractivity contribution in [1.82, 2.24) is 24.4 Å². The summed E-state index contributed by atoms with van der Waals surface area (Å²) < 4.78 is 21.5. The van der Waals surface area contributed by atoms with Crippen LogP contribution in [0, 0.1) is 12.7 Å². The third kappa shape index (κ3) is 5.21. The molecule has 35 heavy (non-hydrogen) atoms. The molecule has 1 fully saturated rings. The van der Waals surface area contributed by atoms with E-state index in [9.17, 15) is 9.18 Å². The Morgan fingerprint density at radius 3 is 2.77 bits per heavy atom. The second kappa shape index (κ2) is 10.0. The van der Waals surface area contributed by atoms with Crippen LogP contribution in [0.15, 0.2) is 73.3 Å². The van der Waals surface area contributed by atoms with Gasteiger partial charge in [-0.05, 0) is 49.6 Å². The maximum absolute atomic E-state index is 13.6. The molecule has 3 heterocycles. The highest BCUT2D eigenvalue weighted by Crippen LogP contribution is 2.33. The Bertz CT molecular complexity index is 1340. The highest BCUT2D eigenvalue weighted by atomic mass is 19.1. The number of rotatable bonds is 6. The standard InChI is InChI=1S/C27H26FN5O2/c1-19-29-12-14-32(19)17-20-5-2-6-21(15-20)27(34)33-13-4-7-22(18-33)25-26(31-11-10-30-25)35-24-9-3-8-23(28)16-24/h2-3,5-6,8-12,14-16,22H,4,7,13,17-18H2,1H3/t22-/m1/s1. The molecule has 1 aliphatic heterocycles. The molecule has 8 heteroatoms. The Balaban J connectivity index is 1.32. The number of aromatic nitrogens is 4. The van der Waals surface area contributed by atoms with E-state index in [0.29, 0.717) is 42.5 Å². The topological polar surface area (TPSA) is 73.1 Å². The molecule has 1 saturated heterocycles. The van der Waals surface area contributed by atoms with E-state index in [-0.39, 0.29) is 17.6 Å². The first-order valence-corrected chi connectivity index (χ1v) is 11.7. The maximum Gasteiger partial charge on any atom is 0.253 e. The molecule has 2 aromatic carbocycles. The Morgan fingerprint density at radius 2 is 1.94 bits per heavy atom. The zero-order chi connectivity index (χ0) is 24.2. The van der Waals surface area contributed by atoms with Crippen molar-refractivity contribution < 1.29 is 13.9 Å². The van der Waals surface area contributed by atoms with Gasteiger partial charge in [-0.2, -0.15) is 0 Å². The van der Waals surface area contributed by atoms with Gasteiger partial charge in [0.25, 0.3) is 5.91 Å². The zero-order valence-corrected chi connectivity index (χ0v) is 19.5. The molecule has 1 aliphatic rings. The number of ether oxygens (including phenoxy) is 1. The largest absolute Gasteiger partial charge is 0.437 e. The molecular weight excluding hydrogens is 445 g/mol. The highest BCUT2D eigenvalue weighted by Gasteiger charge is 2.29. The minimum atomic E-state index is -0.382. The quantitative estimate of drug-likeness (QED) is 0.397. The lowest BCUT2D eigenvalue weighted by Crippen LogP contribution is -2.39. The minimum Gasteiger partial charge on any atom is -0.437 e. The summed E-state index contributed by atoms with van der Waals surface area (Å²) in [6.45, 7) is 3.82. The van der Waals surface area contributed by atoms with E-state index < -0.39 is 0 Å². The van der Waals surface area contributed by atoms with Crippen molar-refractivity contribution in [2.24, 2.45) is 0 Å².